The third-order valence-electron chi connectivity index (χ3n) is 3.91. The number of amides is 1. The van der Waals surface area contributed by atoms with E-state index in [2.05, 4.69) is 4.72 Å². The molecule has 7 heteroatoms. The molecule has 0 aliphatic rings. The van der Waals surface area contributed by atoms with E-state index in [1.807, 2.05) is 64.1 Å². The molecular weight excluding hydrogens is 368 g/mol. The summed E-state index contributed by atoms with van der Waals surface area (Å²) in [5.41, 5.74) is 1.99. The van der Waals surface area contributed by atoms with E-state index >= 15 is 0 Å². The molecule has 1 aromatic carbocycles. The molecular formula is C19H26N2O3S2. The van der Waals surface area contributed by atoms with E-state index < -0.39 is 17.5 Å². The Kier molecular flexibility index (Phi) is 6.74. The summed E-state index contributed by atoms with van der Waals surface area (Å²) in [6.45, 7) is 8.16. The molecule has 2 rings (SSSR count). The summed E-state index contributed by atoms with van der Waals surface area (Å²) in [5.74, 6) is 0. The fraction of sp³-hybridized carbons (Fsp3) is 0.421. The van der Waals surface area contributed by atoms with Crippen LogP contribution in [0.1, 0.15) is 44.2 Å². The van der Waals surface area contributed by atoms with Gasteiger partial charge in [0.25, 0.3) is 0 Å². The second kappa shape index (κ2) is 8.43. The molecule has 0 radical (unpaired) electrons. The van der Waals surface area contributed by atoms with Crippen molar-refractivity contribution in [2.45, 2.75) is 45.0 Å². The van der Waals surface area contributed by atoms with E-state index in [9.17, 15) is 9.35 Å². The number of carboxylic acid groups (broad SMARTS) is 1. The number of thiophene rings is 1. The van der Waals surface area contributed by atoms with E-state index in [4.69, 9.17) is 5.11 Å². The van der Waals surface area contributed by atoms with Crippen LogP contribution < -0.4 is 4.72 Å². The summed E-state index contributed by atoms with van der Waals surface area (Å²) < 4.78 is 15.2. The van der Waals surface area contributed by atoms with Crippen LogP contribution in [0.15, 0.2) is 36.4 Å². The van der Waals surface area contributed by atoms with Crippen LogP contribution in [0.3, 0.4) is 0 Å². The van der Waals surface area contributed by atoms with Crippen molar-refractivity contribution in [1.29, 1.82) is 0 Å². The van der Waals surface area contributed by atoms with E-state index in [0.717, 1.165) is 20.9 Å². The Morgan fingerprint density at radius 3 is 2.58 bits per heavy atom. The molecule has 0 fully saturated rings. The molecule has 2 atom stereocenters. The Morgan fingerprint density at radius 1 is 1.31 bits per heavy atom. The third-order valence-corrected chi connectivity index (χ3v) is 6.89. The minimum absolute atomic E-state index is 0.0253. The number of rotatable bonds is 6. The lowest BCUT2D eigenvalue weighted by atomic mass is 10.1. The van der Waals surface area contributed by atoms with Gasteiger partial charge in [0, 0.05) is 34.7 Å². The van der Waals surface area contributed by atoms with Crippen LogP contribution in [0.2, 0.25) is 0 Å². The van der Waals surface area contributed by atoms with Gasteiger partial charge < -0.3 is 14.6 Å². The molecule has 142 valence electrons. The molecule has 0 saturated carbocycles. The van der Waals surface area contributed by atoms with E-state index in [1.54, 1.807) is 18.4 Å². The molecule has 2 N–H and O–H groups in total. The van der Waals surface area contributed by atoms with Gasteiger partial charge in [-0.3, -0.25) is 0 Å². The number of hydrogen-bond acceptors (Lipinski definition) is 4. The van der Waals surface area contributed by atoms with Crippen LogP contribution in [0.4, 0.5) is 4.79 Å². The zero-order chi connectivity index (χ0) is 19.5. The zero-order valence-corrected chi connectivity index (χ0v) is 17.4. The standard InChI is InChI=1S/C19H26N2O3S2/c1-13(20-26(24)19(2,3)4)16-10-11-17(25-16)15-9-7-6-8-14(15)12-21(5)18(22)23/h6-11,13,20H,12H2,1-5H3,(H,22,23)/t13-,26-/m1/s1. The van der Waals surface area contributed by atoms with Gasteiger partial charge in [0.05, 0.1) is 6.04 Å². The molecule has 5 nitrogen and oxygen atoms in total. The van der Waals surface area contributed by atoms with Crippen molar-refractivity contribution in [2.24, 2.45) is 0 Å². The maximum absolute atomic E-state index is 12.3. The predicted molar refractivity (Wildman–Crippen MR) is 109 cm³/mol. The van der Waals surface area contributed by atoms with E-state index in [-0.39, 0.29) is 10.8 Å². The minimum Gasteiger partial charge on any atom is -0.598 e. The molecule has 2 aromatic rings. The lowest BCUT2D eigenvalue weighted by molar-refractivity contribution is 0.154. The van der Waals surface area contributed by atoms with Gasteiger partial charge in [-0.15, -0.1) is 16.1 Å². The summed E-state index contributed by atoms with van der Waals surface area (Å²) in [4.78, 5) is 14.6. The lowest BCUT2D eigenvalue weighted by Gasteiger charge is -2.26. The van der Waals surface area contributed by atoms with Crippen molar-refractivity contribution in [3.05, 3.63) is 46.8 Å². The first kappa shape index (κ1) is 20.8. The fourth-order valence-electron chi connectivity index (χ4n) is 2.35. The van der Waals surface area contributed by atoms with Gasteiger partial charge in [-0.05, 0) is 51.0 Å². The van der Waals surface area contributed by atoms with Gasteiger partial charge in [0.2, 0.25) is 0 Å². The second-order valence-electron chi connectivity index (χ2n) is 7.22. The van der Waals surface area contributed by atoms with Crippen molar-refractivity contribution in [2.75, 3.05) is 7.05 Å². The topological polar surface area (TPSA) is 75.6 Å². The maximum Gasteiger partial charge on any atom is 0.407 e. The average molecular weight is 395 g/mol. The highest BCUT2D eigenvalue weighted by Crippen LogP contribution is 2.34. The average Bonchev–Trinajstić information content (AvgIpc) is 3.04. The Hall–Kier alpha value is -1.54. The van der Waals surface area contributed by atoms with Crippen molar-refractivity contribution >= 4 is 28.8 Å². The van der Waals surface area contributed by atoms with Crippen molar-refractivity contribution in [3.8, 4) is 10.4 Å². The van der Waals surface area contributed by atoms with E-state index in [1.165, 1.54) is 4.90 Å². The molecule has 0 unspecified atom stereocenters. The smallest absolute Gasteiger partial charge is 0.407 e. The Bertz CT molecular complexity index is 755. The number of nitrogens with one attached hydrogen (secondary N) is 1. The monoisotopic (exact) mass is 394 g/mol. The molecule has 0 aliphatic carbocycles. The van der Waals surface area contributed by atoms with Crippen molar-refractivity contribution < 1.29 is 14.5 Å². The first-order valence-electron chi connectivity index (χ1n) is 8.39. The molecule has 1 aromatic heterocycles. The number of carbonyl (C=O) groups is 1. The highest BCUT2D eigenvalue weighted by atomic mass is 32.2. The van der Waals surface area contributed by atoms with Gasteiger partial charge in [-0.25, -0.2) is 4.79 Å². The Morgan fingerprint density at radius 2 is 1.96 bits per heavy atom. The van der Waals surface area contributed by atoms with Crippen molar-refractivity contribution in [1.82, 2.24) is 9.62 Å². The summed E-state index contributed by atoms with van der Waals surface area (Å²) in [6, 6.07) is 11.9. The number of hydrogen-bond donors (Lipinski definition) is 2. The van der Waals surface area contributed by atoms with Crippen molar-refractivity contribution in [3.63, 3.8) is 0 Å². The van der Waals surface area contributed by atoms with Crippen LogP contribution in [-0.4, -0.2) is 32.4 Å². The van der Waals surface area contributed by atoms with Gasteiger partial charge in [-0.2, -0.15) is 0 Å². The quantitative estimate of drug-likeness (QED) is 0.700. The van der Waals surface area contributed by atoms with Crippen LogP contribution >= 0.6 is 11.3 Å². The molecule has 26 heavy (non-hydrogen) atoms. The van der Waals surface area contributed by atoms with Gasteiger partial charge >= 0.3 is 6.09 Å². The minimum atomic E-state index is -1.14. The second-order valence-corrected chi connectivity index (χ2v) is 10.3. The van der Waals surface area contributed by atoms with Gasteiger partial charge in [-0.1, -0.05) is 24.3 Å². The Labute approximate surface area is 162 Å². The Balaban J connectivity index is 2.21. The molecule has 0 aliphatic heterocycles. The van der Waals surface area contributed by atoms with Crippen LogP contribution in [-0.2, 0) is 17.9 Å². The predicted octanol–water partition coefficient (Wildman–Crippen LogP) is 4.64. The highest BCUT2D eigenvalue weighted by molar-refractivity contribution is 7.90. The summed E-state index contributed by atoms with van der Waals surface area (Å²) >= 11 is 0.498. The molecule has 1 amide bonds. The first-order valence-corrected chi connectivity index (χ1v) is 10.4. The summed E-state index contributed by atoms with van der Waals surface area (Å²) in [7, 11) is 1.56. The molecule has 1 heterocycles. The molecule has 0 spiro atoms. The fourth-order valence-corrected chi connectivity index (χ4v) is 4.29. The van der Waals surface area contributed by atoms with Gasteiger partial charge in [0.1, 0.15) is 4.75 Å². The molecule has 0 bridgehead atoms. The van der Waals surface area contributed by atoms with Crippen LogP contribution in [0.25, 0.3) is 10.4 Å². The number of nitrogens with zero attached hydrogens (tertiary/aromatic N) is 1. The zero-order valence-electron chi connectivity index (χ0n) is 15.8. The third kappa shape index (κ3) is 5.23. The SMILES string of the molecule is C[C@@H](N[S@+]([O-])C(C)(C)C)c1ccc(-c2ccccc2CN(C)C(=O)O)s1. The molecule has 0 saturated heterocycles. The summed E-state index contributed by atoms with van der Waals surface area (Å²) in [6.07, 6.45) is -0.950. The normalized spacial score (nSPS) is 14.1. The maximum atomic E-state index is 12.3. The number of benzene rings is 1. The van der Waals surface area contributed by atoms with Gasteiger partial charge in [0.15, 0.2) is 0 Å². The largest absolute Gasteiger partial charge is 0.598 e. The van der Waals surface area contributed by atoms with Crippen LogP contribution in [0.5, 0.6) is 0 Å². The lowest BCUT2D eigenvalue weighted by Crippen LogP contribution is -2.40. The van der Waals surface area contributed by atoms with E-state index in [0.29, 0.717) is 6.54 Å². The first-order chi connectivity index (χ1) is 12.1. The van der Waals surface area contributed by atoms with Crippen LogP contribution in [0, 0.1) is 0 Å². The summed E-state index contributed by atoms with van der Waals surface area (Å²) in [5, 5.41) is 9.12. The highest BCUT2D eigenvalue weighted by Gasteiger charge is 2.28.